The first-order valence-electron chi connectivity index (χ1n) is 24.9. The van der Waals surface area contributed by atoms with Gasteiger partial charge in [-0.1, -0.05) is 41.5 Å². The van der Waals surface area contributed by atoms with Gasteiger partial charge in [-0.05, 0) is 202 Å². The van der Waals surface area contributed by atoms with Gasteiger partial charge < -0.3 is 36.2 Å². The molecule has 21 atom stereocenters. The van der Waals surface area contributed by atoms with Crippen LogP contribution in [0, 0.1) is 92.7 Å². The van der Waals surface area contributed by atoms with E-state index >= 15 is 0 Å². The number of nitrogens with one attached hydrogen (secondary N) is 2. The van der Waals surface area contributed by atoms with Crippen molar-refractivity contribution in [2.45, 2.75) is 194 Å². The number of amides is 2. The molecule has 0 aliphatic heterocycles. The van der Waals surface area contributed by atoms with E-state index in [4.69, 9.17) is 0 Å². The maximum absolute atomic E-state index is 13.0. The lowest BCUT2D eigenvalue weighted by molar-refractivity contribution is -0.207. The quantitative estimate of drug-likeness (QED) is 0.111. The normalized spacial score (nSPS) is 51.1. The topological polar surface area (TPSA) is 159 Å². The van der Waals surface area contributed by atoms with E-state index in [1.165, 1.54) is 25.7 Å². The minimum atomic E-state index is -0.423. The molecule has 0 heterocycles. The molecule has 8 aliphatic rings. The van der Waals surface area contributed by atoms with Crippen molar-refractivity contribution < 1.29 is 35.1 Å². The number of aliphatic hydroxyl groups is 5. The predicted octanol–water partition coefficient (Wildman–Crippen LogP) is 7.00. The van der Waals surface area contributed by atoms with Crippen LogP contribution in [0.25, 0.3) is 0 Å². The minimum Gasteiger partial charge on any atom is -0.393 e. The lowest BCUT2D eigenvalue weighted by Gasteiger charge is -2.63. The number of rotatable bonds is 11. The van der Waals surface area contributed by atoms with Gasteiger partial charge in [-0.15, -0.1) is 0 Å². The number of carbonyl (C=O) groups excluding carboxylic acids is 2. The van der Waals surface area contributed by atoms with E-state index in [0.717, 1.165) is 83.5 Å². The number of hydrogen-bond donors (Lipinski definition) is 7. The third-order valence-corrected chi connectivity index (χ3v) is 21.4. The lowest BCUT2D eigenvalue weighted by Crippen LogP contribution is -2.62. The molecule has 59 heavy (non-hydrogen) atoms. The van der Waals surface area contributed by atoms with Crippen LogP contribution in [0.15, 0.2) is 0 Å². The summed E-state index contributed by atoms with van der Waals surface area (Å²) in [6, 6.07) is 0. The summed E-state index contributed by atoms with van der Waals surface area (Å²) in [6.45, 7) is 15.0. The molecule has 0 aromatic heterocycles. The van der Waals surface area contributed by atoms with Crippen LogP contribution in [0.1, 0.15) is 164 Å². The Kier molecular flexibility index (Phi) is 12.6. The average Bonchev–Trinajstić information content (AvgIpc) is 3.74. The van der Waals surface area contributed by atoms with E-state index in [9.17, 15) is 35.1 Å². The number of hydrogen-bond acceptors (Lipinski definition) is 7. The highest BCUT2D eigenvalue weighted by molar-refractivity contribution is 5.77. The first-order valence-corrected chi connectivity index (χ1v) is 24.9. The Morgan fingerprint density at radius 1 is 0.542 bits per heavy atom. The second kappa shape index (κ2) is 16.7. The van der Waals surface area contributed by atoms with Gasteiger partial charge in [0.15, 0.2) is 0 Å². The molecule has 0 spiro atoms. The standard InChI is InChI=1S/C50H84N2O7/c1-28(34-9-11-36-45-37(17-20-49(34,36)5)47(3)18-15-32(53)23-30(47)25-40(45)55)7-13-43(58)51-21-22-52-44(59)14-8-29(2)35-10-12-38-46-39(27-42(57)50(35,38)6)48(4)19-16-33(54)24-31(48)26-41(46)56/h28-42,45-46,53-57H,7-27H2,1-6H3,(H,51,58)(H,52,59)/t28-,29-,30?,31?,32-,33-,34-,35-,36?,37?,38?,39?,40-,41-,42+,45?,46?,47+,48+,49-,50-/m1/s1. The molecule has 8 fully saturated rings. The van der Waals surface area contributed by atoms with Crippen LogP contribution in [0.2, 0.25) is 0 Å². The summed E-state index contributed by atoms with van der Waals surface area (Å²) in [6.07, 6.45) is 15.5. The Balaban J connectivity index is 0.755. The van der Waals surface area contributed by atoms with Crippen molar-refractivity contribution in [3.63, 3.8) is 0 Å². The first-order chi connectivity index (χ1) is 27.9. The third kappa shape index (κ3) is 7.58. The predicted molar refractivity (Wildman–Crippen MR) is 229 cm³/mol. The Morgan fingerprint density at radius 3 is 1.58 bits per heavy atom. The molecule has 0 aromatic carbocycles. The van der Waals surface area contributed by atoms with Crippen LogP contribution in [0.5, 0.6) is 0 Å². The molecular formula is C50H84N2O7. The molecule has 7 N–H and O–H groups in total. The van der Waals surface area contributed by atoms with Crippen LogP contribution < -0.4 is 10.6 Å². The van der Waals surface area contributed by atoms with Crippen LogP contribution in [0.3, 0.4) is 0 Å². The summed E-state index contributed by atoms with van der Waals surface area (Å²) in [4.78, 5) is 26.0. The smallest absolute Gasteiger partial charge is 0.220 e. The van der Waals surface area contributed by atoms with Crippen molar-refractivity contribution in [2.75, 3.05) is 13.1 Å². The summed E-state index contributed by atoms with van der Waals surface area (Å²) >= 11 is 0. The molecule has 9 heteroatoms. The molecule has 8 unspecified atom stereocenters. The zero-order valence-electron chi connectivity index (χ0n) is 37.7. The van der Waals surface area contributed by atoms with Crippen molar-refractivity contribution in [3.05, 3.63) is 0 Å². The van der Waals surface area contributed by atoms with Crippen LogP contribution in [-0.4, -0.2) is 81.0 Å². The van der Waals surface area contributed by atoms with Gasteiger partial charge in [0.2, 0.25) is 11.8 Å². The summed E-state index contributed by atoms with van der Waals surface area (Å²) in [5, 5.41) is 62.1. The van der Waals surface area contributed by atoms with Gasteiger partial charge in [0.25, 0.3) is 0 Å². The second-order valence-corrected chi connectivity index (χ2v) is 23.7. The molecule has 2 amide bonds. The maximum atomic E-state index is 13.0. The van der Waals surface area contributed by atoms with Crippen molar-refractivity contribution >= 4 is 11.8 Å². The van der Waals surface area contributed by atoms with Crippen molar-refractivity contribution in [2.24, 2.45) is 92.7 Å². The Labute approximate surface area is 356 Å². The molecule has 0 radical (unpaired) electrons. The third-order valence-electron chi connectivity index (χ3n) is 21.4. The van der Waals surface area contributed by atoms with E-state index in [1.807, 2.05) is 0 Å². The Bertz CT molecular complexity index is 1530. The fraction of sp³-hybridized carbons (Fsp3) is 0.960. The zero-order valence-corrected chi connectivity index (χ0v) is 37.7. The second-order valence-electron chi connectivity index (χ2n) is 23.7. The Hall–Kier alpha value is -1.26. The monoisotopic (exact) mass is 825 g/mol. The van der Waals surface area contributed by atoms with E-state index < -0.39 is 6.10 Å². The van der Waals surface area contributed by atoms with Crippen molar-refractivity contribution in [1.82, 2.24) is 10.6 Å². The SMILES string of the molecule is C[C@H](CCC(=O)NCCNC(=O)CC[C@@H](C)[C@H]1CCC2C3C(CC[C@@]21C)[C@@]1(C)CC[C@@H](O)CC1C[C@H]3O)[C@H]1CCC2C3C(C[C@H](O)[C@@]21C)[C@@]1(C)CC[C@@H](O)CC1C[C@H]3O. The fourth-order valence-electron chi connectivity index (χ4n) is 18.0. The van der Waals surface area contributed by atoms with Gasteiger partial charge in [-0.3, -0.25) is 9.59 Å². The van der Waals surface area contributed by atoms with Crippen LogP contribution in [-0.2, 0) is 9.59 Å². The first kappa shape index (κ1) is 44.4. The summed E-state index contributed by atoms with van der Waals surface area (Å²) in [5.74, 6) is 4.59. The van der Waals surface area contributed by atoms with Gasteiger partial charge in [-0.2, -0.15) is 0 Å². The molecule has 8 saturated carbocycles. The van der Waals surface area contributed by atoms with Gasteiger partial charge >= 0.3 is 0 Å². The van der Waals surface area contributed by atoms with Crippen molar-refractivity contribution in [3.8, 4) is 0 Å². The molecule has 0 bridgehead atoms. The highest BCUT2D eigenvalue weighted by Crippen LogP contribution is 2.70. The molecule has 336 valence electrons. The highest BCUT2D eigenvalue weighted by atomic mass is 16.3. The molecular weight excluding hydrogens is 741 g/mol. The molecule has 8 aliphatic carbocycles. The van der Waals surface area contributed by atoms with Gasteiger partial charge in [0, 0.05) is 25.9 Å². The minimum absolute atomic E-state index is 0.0114. The summed E-state index contributed by atoms with van der Waals surface area (Å²) in [7, 11) is 0. The Morgan fingerprint density at radius 2 is 1.00 bits per heavy atom. The van der Waals surface area contributed by atoms with Crippen LogP contribution >= 0.6 is 0 Å². The van der Waals surface area contributed by atoms with E-state index in [-0.39, 0.29) is 81.6 Å². The highest BCUT2D eigenvalue weighted by Gasteiger charge is 2.66. The number of aliphatic hydroxyl groups excluding tert-OH is 5. The maximum Gasteiger partial charge on any atom is 0.220 e. The lowest BCUT2D eigenvalue weighted by atomic mass is 9.43. The summed E-state index contributed by atoms with van der Waals surface area (Å²) in [5.41, 5.74) is 0.233. The molecule has 0 aromatic rings. The fourth-order valence-corrected chi connectivity index (χ4v) is 18.0. The number of carbonyl (C=O) groups is 2. The zero-order chi connectivity index (χ0) is 42.2. The molecule has 0 saturated heterocycles. The van der Waals surface area contributed by atoms with E-state index in [2.05, 4.69) is 52.2 Å². The molecule has 8 rings (SSSR count). The van der Waals surface area contributed by atoms with Gasteiger partial charge in [-0.25, -0.2) is 0 Å². The van der Waals surface area contributed by atoms with Crippen LogP contribution in [0.4, 0.5) is 0 Å². The van der Waals surface area contributed by atoms with Gasteiger partial charge in [0.05, 0.1) is 30.5 Å². The summed E-state index contributed by atoms with van der Waals surface area (Å²) < 4.78 is 0. The molecule has 9 nitrogen and oxygen atoms in total. The van der Waals surface area contributed by atoms with Gasteiger partial charge in [0.1, 0.15) is 0 Å². The average molecular weight is 825 g/mol. The largest absolute Gasteiger partial charge is 0.393 e. The van der Waals surface area contributed by atoms with E-state index in [1.54, 1.807) is 0 Å². The number of fused-ring (bicyclic) bond motifs is 10. The van der Waals surface area contributed by atoms with Crippen molar-refractivity contribution in [1.29, 1.82) is 0 Å². The van der Waals surface area contributed by atoms with E-state index in [0.29, 0.717) is 73.3 Å².